The van der Waals surface area contributed by atoms with Gasteiger partial charge in [0.2, 0.25) is 8.32 Å². The largest absolute Gasteiger partial charge is 0.543 e. The molecule has 0 bridgehead atoms. The van der Waals surface area contributed by atoms with Crippen molar-refractivity contribution in [3.63, 3.8) is 0 Å². The second kappa shape index (κ2) is 7.55. The van der Waals surface area contributed by atoms with Crippen LogP contribution < -0.4 is 4.43 Å². The Labute approximate surface area is 188 Å². The van der Waals surface area contributed by atoms with Crippen LogP contribution in [0.15, 0.2) is 29.8 Å². The van der Waals surface area contributed by atoms with Gasteiger partial charge in [0, 0.05) is 5.33 Å². The van der Waals surface area contributed by atoms with E-state index in [4.69, 9.17) is 4.43 Å². The molecular formula is C26H39BrOSi. The SMILES string of the molecule is CC(C)(C)[Si](C)(C)Oc1ccc2c(c1)CC[C@@H]1[C@@H]2CC[C@]2(C)/C(=C/CBr)CC[C@@H]12. The van der Waals surface area contributed by atoms with E-state index in [-0.39, 0.29) is 5.04 Å². The van der Waals surface area contributed by atoms with E-state index in [0.717, 1.165) is 28.8 Å². The quantitative estimate of drug-likeness (QED) is 0.243. The first-order valence-electron chi connectivity index (χ1n) is 11.6. The summed E-state index contributed by atoms with van der Waals surface area (Å²) in [6.07, 6.45) is 10.5. The van der Waals surface area contributed by atoms with Crippen LogP contribution in [0.25, 0.3) is 0 Å². The third-order valence-electron chi connectivity index (χ3n) is 9.05. The van der Waals surface area contributed by atoms with E-state index >= 15 is 0 Å². The summed E-state index contributed by atoms with van der Waals surface area (Å²) in [6, 6.07) is 7.10. The molecule has 0 aliphatic heterocycles. The predicted octanol–water partition coefficient (Wildman–Crippen LogP) is 8.25. The highest BCUT2D eigenvalue weighted by molar-refractivity contribution is 9.09. The molecule has 0 unspecified atom stereocenters. The first-order valence-corrected chi connectivity index (χ1v) is 15.7. The Kier molecular flexibility index (Phi) is 5.64. The van der Waals surface area contributed by atoms with Crippen molar-refractivity contribution in [2.24, 2.45) is 17.3 Å². The summed E-state index contributed by atoms with van der Waals surface area (Å²) in [7, 11) is -1.78. The molecule has 0 radical (unpaired) electrons. The Morgan fingerprint density at radius 3 is 2.62 bits per heavy atom. The lowest BCUT2D eigenvalue weighted by Gasteiger charge is -2.49. The van der Waals surface area contributed by atoms with Gasteiger partial charge in [-0.05, 0) is 103 Å². The zero-order chi connectivity index (χ0) is 21.0. The number of hydrogen-bond acceptors (Lipinski definition) is 1. The molecule has 4 rings (SSSR count). The van der Waals surface area contributed by atoms with E-state index in [1.165, 1.54) is 38.5 Å². The number of rotatable bonds is 3. The minimum absolute atomic E-state index is 0.241. The Balaban J connectivity index is 1.58. The van der Waals surface area contributed by atoms with Crippen molar-refractivity contribution in [2.45, 2.75) is 90.3 Å². The van der Waals surface area contributed by atoms with Crippen molar-refractivity contribution in [3.05, 3.63) is 41.0 Å². The molecule has 1 nitrogen and oxygen atoms in total. The minimum atomic E-state index is -1.78. The van der Waals surface area contributed by atoms with Crippen molar-refractivity contribution in [3.8, 4) is 5.75 Å². The summed E-state index contributed by atoms with van der Waals surface area (Å²) >= 11 is 3.64. The number of hydrogen-bond donors (Lipinski definition) is 0. The van der Waals surface area contributed by atoms with Gasteiger partial charge in [-0.3, -0.25) is 0 Å². The third-order valence-corrected chi connectivity index (χ3v) is 13.7. The first kappa shape index (κ1) is 21.7. The summed E-state index contributed by atoms with van der Waals surface area (Å²) in [5.41, 5.74) is 5.41. The fourth-order valence-electron chi connectivity index (χ4n) is 6.35. The Hall–Kier alpha value is -0.543. The highest BCUT2D eigenvalue weighted by Crippen LogP contribution is 2.62. The molecule has 3 heteroatoms. The molecule has 29 heavy (non-hydrogen) atoms. The summed E-state index contributed by atoms with van der Waals surface area (Å²) in [6.45, 7) is 14.2. The van der Waals surface area contributed by atoms with Gasteiger partial charge in [-0.1, -0.05) is 61.3 Å². The molecule has 0 saturated heterocycles. The van der Waals surface area contributed by atoms with Crippen molar-refractivity contribution in [2.75, 3.05) is 5.33 Å². The fourth-order valence-corrected chi connectivity index (χ4v) is 7.76. The lowest BCUT2D eigenvalue weighted by Crippen LogP contribution is -2.44. The van der Waals surface area contributed by atoms with Gasteiger partial charge in [-0.15, -0.1) is 0 Å². The molecule has 1 aromatic carbocycles. The first-order chi connectivity index (χ1) is 13.6. The Morgan fingerprint density at radius 2 is 1.93 bits per heavy atom. The molecule has 160 valence electrons. The number of aryl methyl sites for hydroxylation is 1. The molecule has 0 spiro atoms. The number of allylic oxidation sites excluding steroid dienone is 2. The zero-order valence-electron chi connectivity index (χ0n) is 19.3. The smallest absolute Gasteiger partial charge is 0.250 e. The summed E-state index contributed by atoms with van der Waals surface area (Å²) in [4.78, 5) is 0. The van der Waals surface area contributed by atoms with Crippen molar-refractivity contribution in [1.29, 1.82) is 0 Å². The molecule has 3 aliphatic carbocycles. The third kappa shape index (κ3) is 3.69. The number of alkyl halides is 1. The topological polar surface area (TPSA) is 9.23 Å². The van der Waals surface area contributed by atoms with Gasteiger partial charge in [0.15, 0.2) is 0 Å². The van der Waals surface area contributed by atoms with Crippen LogP contribution in [0.4, 0.5) is 0 Å². The van der Waals surface area contributed by atoms with E-state index < -0.39 is 8.32 Å². The maximum Gasteiger partial charge on any atom is 0.250 e. The second-order valence-electron chi connectivity index (χ2n) is 11.5. The highest BCUT2D eigenvalue weighted by atomic mass is 79.9. The molecule has 2 saturated carbocycles. The van der Waals surface area contributed by atoms with Crippen LogP contribution in [0.2, 0.25) is 18.1 Å². The van der Waals surface area contributed by atoms with Gasteiger partial charge < -0.3 is 4.43 Å². The molecule has 4 atom stereocenters. The molecule has 0 N–H and O–H groups in total. The summed E-state index contributed by atoms with van der Waals surface area (Å²) < 4.78 is 6.62. The van der Waals surface area contributed by atoms with Gasteiger partial charge in [0.1, 0.15) is 5.75 Å². The lowest BCUT2D eigenvalue weighted by atomic mass is 9.55. The van der Waals surface area contributed by atoms with Crippen molar-refractivity contribution >= 4 is 24.2 Å². The number of halogens is 1. The van der Waals surface area contributed by atoms with E-state index in [2.05, 4.69) is 81.0 Å². The van der Waals surface area contributed by atoms with Gasteiger partial charge in [0.05, 0.1) is 0 Å². The van der Waals surface area contributed by atoms with Crippen molar-refractivity contribution in [1.82, 2.24) is 0 Å². The molecule has 0 heterocycles. The Morgan fingerprint density at radius 1 is 1.17 bits per heavy atom. The summed E-state index contributed by atoms with van der Waals surface area (Å²) in [5.74, 6) is 3.62. The van der Waals surface area contributed by atoms with Crippen LogP contribution in [0.5, 0.6) is 5.75 Å². The highest BCUT2D eigenvalue weighted by Gasteiger charge is 2.52. The number of benzene rings is 1. The monoisotopic (exact) mass is 474 g/mol. The average molecular weight is 476 g/mol. The van der Waals surface area contributed by atoms with Crippen LogP contribution >= 0.6 is 15.9 Å². The molecule has 3 aliphatic rings. The van der Waals surface area contributed by atoms with Gasteiger partial charge in [-0.2, -0.15) is 0 Å². The van der Waals surface area contributed by atoms with Gasteiger partial charge in [-0.25, -0.2) is 0 Å². The van der Waals surface area contributed by atoms with Gasteiger partial charge in [0.25, 0.3) is 0 Å². The van der Waals surface area contributed by atoms with E-state index in [1.807, 2.05) is 0 Å². The standard InChI is InChI=1S/C26H39BrOSi/c1-25(2,3)29(5,6)28-20-9-11-21-18(17-20)7-10-23-22(21)13-15-26(4)19(14-16-27)8-12-24(23)26/h9,11,14,17,22-24H,7-8,10,12-13,15-16H2,1-6H3/b19-14+/t22-,23-,24+,26-/m1/s1. The number of fused-ring (bicyclic) bond motifs is 5. The average Bonchev–Trinajstić information content (AvgIpc) is 2.97. The van der Waals surface area contributed by atoms with E-state index in [1.54, 1.807) is 16.7 Å². The maximum absolute atomic E-state index is 6.62. The summed E-state index contributed by atoms with van der Waals surface area (Å²) in [5, 5.41) is 1.25. The molecule has 0 aromatic heterocycles. The zero-order valence-corrected chi connectivity index (χ0v) is 21.9. The van der Waals surface area contributed by atoms with E-state index in [0.29, 0.717) is 5.41 Å². The van der Waals surface area contributed by atoms with Crippen LogP contribution in [-0.2, 0) is 6.42 Å². The molecule has 2 fully saturated rings. The van der Waals surface area contributed by atoms with E-state index in [9.17, 15) is 0 Å². The maximum atomic E-state index is 6.62. The van der Waals surface area contributed by atoms with Crippen LogP contribution in [0, 0.1) is 17.3 Å². The molecule has 0 amide bonds. The predicted molar refractivity (Wildman–Crippen MR) is 131 cm³/mol. The minimum Gasteiger partial charge on any atom is -0.543 e. The molecular weight excluding hydrogens is 436 g/mol. The second-order valence-corrected chi connectivity index (χ2v) is 16.9. The van der Waals surface area contributed by atoms with Crippen LogP contribution in [0.1, 0.15) is 76.8 Å². The van der Waals surface area contributed by atoms with Crippen molar-refractivity contribution < 1.29 is 4.43 Å². The Bertz CT molecular complexity index is 805. The normalized spacial score (nSPS) is 33.2. The van der Waals surface area contributed by atoms with Crippen LogP contribution in [0.3, 0.4) is 0 Å². The lowest BCUT2D eigenvalue weighted by molar-refractivity contribution is 0.0813. The molecule has 1 aromatic rings. The fraction of sp³-hybridized carbons (Fsp3) is 0.692. The van der Waals surface area contributed by atoms with Crippen LogP contribution in [-0.4, -0.2) is 13.6 Å². The van der Waals surface area contributed by atoms with Gasteiger partial charge >= 0.3 is 0 Å².